The van der Waals surface area contributed by atoms with E-state index in [0.717, 1.165) is 11.7 Å². The summed E-state index contributed by atoms with van der Waals surface area (Å²) in [5.41, 5.74) is 0. The molecule has 0 aromatic carbocycles. The number of thioether (sulfide) groups is 1. The Labute approximate surface area is 54.2 Å². The van der Waals surface area contributed by atoms with Crippen LogP contribution in [0.15, 0.2) is 0 Å². The molecule has 1 heterocycles. The molecule has 1 aliphatic heterocycles. The molecule has 0 aromatic rings. The largest absolute Gasteiger partial charge is 0.352 e. The molecule has 1 rings (SSSR count). The first-order valence-electron chi connectivity index (χ1n) is 2.66. The summed E-state index contributed by atoms with van der Waals surface area (Å²) in [6, 6.07) is 0. The molecule has 0 N–H and O–H groups in total. The molecule has 0 aromatic heterocycles. The Balaban J connectivity index is 2.24. The molecule has 0 amide bonds. The number of nitrogens with zero attached hydrogens (tertiary/aromatic N) is 1. The summed E-state index contributed by atoms with van der Waals surface area (Å²) in [5, 5.41) is 0. The van der Waals surface area contributed by atoms with Crippen molar-refractivity contribution in [2.75, 3.05) is 25.8 Å². The lowest BCUT2D eigenvalue weighted by molar-refractivity contribution is 0.0189. The zero-order chi connectivity index (χ0) is 5.98. The molecule has 48 valence electrons. The van der Waals surface area contributed by atoms with Crippen molar-refractivity contribution in [3.8, 4) is 0 Å². The fourth-order valence-corrected chi connectivity index (χ4v) is 1.57. The first-order chi connectivity index (χ1) is 3.80. The van der Waals surface area contributed by atoms with Crippen LogP contribution in [-0.2, 0) is 4.74 Å². The standard InChI is InChI=1S/C5H11NOS/c1-6(2)5-3-8-4-7-5/h5H,3-4H2,1-2H3. The van der Waals surface area contributed by atoms with E-state index in [1.807, 2.05) is 25.9 Å². The summed E-state index contributed by atoms with van der Waals surface area (Å²) in [4.78, 5) is 2.10. The van der Waals surface area contributed by atoms with Crippen LogP contribution in [0.25, 0.3) is 0 Å². The van der Waals surface area contributed by atoms with Crippen LogP contribution in [-0.4, -0.2) is 36.9 Å². The van der Waals surface area contributed by atoms with Gasteiger partial charge in [-0.25, -0.2) is 0 Å². The number of hydrogen-bond donors (Lipinski definition) is 0. The molecule has 0 saturated carbocycles. The van der Waals surface area contributed by atoms with Gasteiger partial charge in [0.1, 0.15) is 6.23 Å². The summed E-state index contributed by atoms with van der Waals surface area (Å²) >= 11 is 1.85. The van der Waals surface area contributed by atoms with Crippen molar-refractivity contribution >= 4 is 11.8 Å². The van der Waals surface area contributed by atoms with E-state index in [1.54, 1.807) is 0 Å². The zero-order valence-electron chi connectivity index (χ0n) is 5.26. The minimum absolute atomic E-state index is 0.361. The summed E-state index contributed by atoms with van der Waals surface area (Å²) in [7, 11) is 4.08. The molecule has 0 radical (unpaired) electrons. The van der Waals surface area contributed by atoms with E-state index in [4.69, 9.17) is 4.74 Å². The molecule has 2 nitrogen and oxygen atoms in total. The molecule has 1 fully saturated rings. The average Bonchev–Trinajstić information content (AvgIpc) is 2.12. The zero-order valence-corrected chi connectivity index (χ0v) is 6.07. The number of rotatable bonds is 1. The van der Waals surface area contributed by atoms with Crippen LogP contribution in [0.3, 0.4) is 0 Å². The normalized spacial score (nSPS) is 29.6. The lowest BCUT2D eigenvalue weighted by atomic mass is 10.6. The van der Waals surface area contributed by atoms with Crippen molar-refractivity contribution in [2.24, 2.45) is 0 Å². The Morgan fingerprint density at radius 2 is 2.38 bits per heavy atom. The van der Waals surface area contributed by atoms with Crippen LogP contribution in [0.1, 0.15) is 0 Å². The fraction of sp³-hybridized carbons (Fsp3) is 1.00. The van der Waals surface area contributed by atoms with Gasteiger partial charge in [-0.3, -0.25) is 4.90 Å². The van der Waals surface area contributed by atoms with Crippen molar-refractivity contribution in [3.05, 3.63) is 0 Å². The summed E-state index contributed by atoms with van der Waals surface area (Å²) in [5.74, 6) is 1.98. The smallest absolute Gasteiger partial charge is 0.120 e. The molecular formula is C5H11NOS. The number of hydrogen-bond acceptors (Lipinski definition) is 3. The second-order valence-electron chi connectivity index (χ2n) is 2.07. The molecule has 3 heteroatoms. The van der Waals surface area contributed by atoms with E-state index < -0.39 is 0 Å². The highest BCUT2D eigenvalue weighted by atomic mass is 32.2. The van der Waals surface area contributed by atoms with E-state index in [1.165, 1.54) is 0 Å². The highest BCUT2D eigenvalue weighted by Gasteiger charge is 2.16. The minimum Gasteiger partial charge on any atom is -0.352 e. The van der Waals surface area contributed by atoms with Gasteiger partial charge < -0.3 is 4.74 Å². The average molecular weight is 133 g/mol. The summed E-state index contributed by atoms with van der Waals surface area (Å²) in [6.45, 7) is 0. The molecule has 0 aliphatic carbocycles. The highest BCUT2D eigenvalue weighted by molar-refractivity contribution is 7.99. The van der Waals surface area contributed by atoms with Crippen LogP contribution in [0, 0.1) is 0 Å². The van der Waals surface area contributed by atoms with Gasteiger partial charge in [0.25, 0.3) is 0 Å². The molecule has 1 unspecified atom stereocenters. The van der Waals surface area contributed by atoms with Gasteiger partial charge >= 0.3 is 0 Å². The maximum atomic E-state index is 5.30. The van der Waals surface area contributed by atoms with E-state index in [9.17, 15) is 0 Å². The van der Waals surface area contributed by atoms with Crippen LogP contribution in [0.4, 0.5) is 0 Å². The predicted octanol–water partition coefficient (Wildman–Crippen LogP) is 0.595. The Morgan fingerprint density at radius 3 is 2.62 bits per heavy atom. The van der Waals surface area contributed by atoms with Gasteiger partial charge in [0.2, 0.25) is 0 Å². The van der Waals surface area contributed by atoms with Gasteiger partial charge in [0.05, 0.1) is 5.94 Å². The third kappa shape index (κ3) is 1.37. The third-order valence-electron chi connectivity index (χ3n) is 1.18. The van der Waals surface area contributed by atoms with E-state index in [0.29, 0.717) is 6.23 Å². The Kier molecular flexibility index (Phi) is 2.16. The van der Waals surface area contributed by atoms with Gasteiger partial charge in [-0.15, -0.1) is 11.8 Å². The molecular weight excluding hydrogens is 122 g/mol. The highest BCUT2D eigenvalue weighted by Crippen LogP contribution is 2.16. The monoisotopic (exact) mass is 133 g/mol. The van der Waals surface area contributed by atoms with Gasteiger partial charge in [0, 0.05) is 5.75 Å². The van der Waals surface area contributed by atoms with Crippen molar-refractivity contribution in [2.45, 2.75) is 6.23 Å². The maximum Gasteiger partial charge on any atom is 0.120 e. The predicted molar refractivity (Wildman–Crippen MR) is 35.9 cm³/mol. The van der Waals surface area contributed by atoms with Gasteiger partial charge in [-0.05, 0) is 14.1 Å². The Hall–Kier alpha value is 0.270. The summed E-state index contributed by atoms with van der Waals surface area (Å²) in [6.07, 6.45) is 0.361. The van der Waals surface area contributed by atoms with Crippen molar-refractivity contribution in [1.82, 2.24) is 4.90 Å². The first-order valence-corrected chi connectivity index (χ1v) is 3.82. The van der Waals surface area contributed by atoms with Crippen molar-refractivity contribution in [1.29, 1.82) is 0 Å². The molecule has 8 heavy (non-hydrogen) atoms. The van der Waals surface area contributed by atoms with Gasteiger partial charge in [-0.1, -0.05) is 0 Å². The second kappa shape index (κ2) is 2.71. The Bertz CT molecular complexity index is 70.8. The first kappa shape index (κ1) is 6.39. The second-order valence-corrected chi connectivity index (χ2v) is 3.05. The SMILES string of the molecule is CN(C)C1CSCO1. The lowest BCUT2D eigenvalue weighted by Crippen LogP contribution is -2.28. The summed E-state index contributed by atoms with van der Waals surface area (Å²) < 4.78 is 5.30. The van der Waals surface area contributed by atoms with Crippen molar-refractivity contribution in [3.63, 3.8) is 0 Å². The van der Waals surface area contributed by atoms with Crippen LogP contribution < -0.4 is 0 Å². The van der Waals surface area contributed by atoms with Gasteiger partial charge in [0.15, 0.2) is 0 Å². The van der Waals surface area contributed by atoms with Crippen LogP contribution >= 0.6 is 11.8 Å². The maximum absolute atomic E-state index is 5.30. The van der Waals surface area contributed by atoms with E-state index >= 15 is 0 Å². The quantitative estimate of drug-likeness (QED) is 0.519. The number of ether oxygens (including phenoxy) is 1. The van der Waals surface area contributed by atoms with Crippen molar-refractivity contribution < 1.29 is 4.74 Å². The van der Waals surface area contributed by atoms with Crippen LogP contribution in [0.2, 0.25) is 0 Å². The minimum atomic E-state index is 0.361. The molecule has 0 bridgehead atoms. The van der Waals surface area contributed by atoms with Crippen LogP contribution in [0.5, 0.6) is 0 Å². The van der Waals surface area contributed by atoms with Gasteiger partial charge in [-0.2, -0.15) is 0 Å². The molecule has 1 saturated heterocycles. The Morgan fingerprint density at radius 1 is 1.62 bits per heavy atom. The lowest BCUT2D eigenvalue weighted by Gasteiger charge is -2.15. The topological polar surface area (TPSA) is 12.5 Å². The molecule has 1 atom stereocenters. The molecule has 1 aliphatic rings. The fourth-order valence-electron chi connectivity index (χ4n) is 0.622. The van der Waals surface area contributed by atoms with E-state index in [2.05, 4.69) is 4.90 Å². The molecule has 0 spiro atoms. The van der Waals surface area contributed by atoms with E-state index in [-0.39, 0.29) is 0 Å². The third-order valence-corrected chi connectivity index (χ3v) is 2.00.